The molecular formula is C15H18N2O3. The second-order valence-corrected chi connectivity index (χ2v) is 5.59. The van der Waals surface area contributed by atoms with Crippen LogP contribution in [0.2, 0.25) is 0 Å². The van der Waals surface area contributed by atoms with Gasteiger partial charge in [0.05, 0.1) is 19.3 Å². The first-order valence-corrected chi connectivity index (χ1v) is 7.14. The van der Waals surface area contributed by atoms with Crippen LogP contribution in [0.3, 0.4) is 0 Å². The highest BCUT2D eigenvalue weighted by Gasteiger charge is 2.50. The van der Waals surface area contributed by atoms with E-state index in [2.05, 4.69) is 5.32 Å². The van der Waals surface area contributed by atoms with E-state index in [1.54, 1.807) is 0 Å². The van der Waals surface area contributed by atoms with Gasteiger partial charge < -0.3 is 19.7 Å². The Morgan fingerprint density at radius 1 is 1.35 bits per heavy atom. The third kappa shape index (κ3) is 1.53. The molecule has 0 bridgehead atoms. The zero-order valence-corrected chi connectivity index (χ0v) is 11.5. The molecule has 1 unspecified atom stereocenters. The third-order valence-corrected chi connectivity index (χ3v) is 4.63. The molecule has 0 radical (unpaired) electrons. The van der Waals surface area contributed by atoms with Crippen LogP contribution in [0, 0.1) is 0 Å². The minimum absolute atomic E-state index is 0.0630. The SMILES string of the molecule is CNc1cccc2c1C1CC3(CCN1C2=O)OCCO3. The van der Waals surface area contributed by atoms with Gasteiger partial charge in [0, 0.05) is 43.2 Å². The number of ether oxygens (including phenoxy) is 2. The van der Waals surface area contributed by atoms with Crippen molar-refractivity contribution in [3.8, 4) is 0 Å². The van der Waals surface area contributed by atoms with Crippen LogP contribution < -0.4 is 5.32 Å². The lowest BCUT2D eigenvalue weighted by molar-refractivity contribution is -0.191. The Bertz CT molecular complexity index is 566. The summed E-state index contributed by atoms with van der Waals surface area (Å²) in [5.74, 6) is -0.348. The van der Waals surface area contributed by atoms with Crippen molar-refractivity contribution in [2.45, 2.75) is 24.7 Å². The van der Waals surface area contributed by atoms with Crippen LogP contribution in [0.25, 0.3) is 0 Å². The monoisotopic (exact) mass is 274 g/mol. The molecule has 1 aromatic rings. The summed E-state index contributed by atoms with van der Waals surface area (Å²) < 4.78 is 11.7. The zero-order chi connectivity index (χ0) is 13.7. The molecule has 106 valence electrons. The summed E-state index contributed by atoms with van der Waals surface area (Å²) in [5, 5.41) is 3.20. The maximum Gasteiger partial charge on any atom is 0.254 e. The van der Waals surface area contributed by atoms with Gasteiger partial charge in [-0.15, -0.1) is 0 Å². The van der Waals surface area contributed by atoms with Gasteiger partial charge in [-0.05, 0) is 12.1 Å². The van der Waals surface area contributed by atoms with E-state index in [1.165, 1.54) is 0 Å². The standard InChI is InChI=1S/C15H18N2O3/c1-16-11-4-2-3-10-13(11)12-9-15(19-7-8-20-15)5-6-17(12)14(10)18/h2-4,12,16H,5-9H2,1H3. The van der Waals surface area contributed by atoms with Crippen molar-refractivity contribution >= 4 is 11.6 Å². The summed E-state index contributed by atoms with van der Waals surface area (Å²) in [6.07, 6.45) is 1.49. The predicted molar refractivity (Wildman–Crippen MR) is 73.6 cm³/mol. The molecule has 1 amide bonds. The lowest BCUT2D eigenvalue weighted by Crippen LogP contribution is -2.46. The largest absolute Gasteiger partial charge is 0.388 e. The van der Waals surface area contributed by atoms with E-state index in [9.17, 15) is 4.79 Å². The van der Waals surface area contributed by atoms with E-state index >= 15 is 0 Å². The number of anilines is 1. The molecule has 1 atom stereocenters. The lowest BCUT2D eigenvalue weighted by Gasteiger charge is -2.40. The molecule has 1 aromatic carbocycles. The molecule has 0 saturated carbocycles. The molecule has 0 aromatic heterocycles. The highest BCUT2D eigenvalue weighted by atomic mass is 16.7. The number of benzene rings is 1. The quantitative estimate of drug-likeness (QED) is 0.848. The average molecular weight is 274 g/mol. The number of amides is 1. The molecule has 4 rings (SSSR count). The van der Waals surface area contributed by atoms with Crippen molar-refractivity contribution < 1.29 is 14.3 Å². The van der Waals surface area contributed by atoms with E-state index in [1.807, 2.05) is 30.1 Å². The maximum atomic E-state index is 12.5. The van der Waals surface area contributed by atoms with Gasteiger partial charge in [0.1, 0.15) is 0 Å². The third-order valence-electron chi connectivity index (χ3n) is 4.63. The highest BCUT2D eigenvalue weighted by molar-refractivity contribution is 6.01. The fourth-order valence-electron chi connectivity index (χ4n) is 3.70. The average Bonchev–Trinajstić information content (AvgIpc) is 3.04. The van der Waals surface area contributed by atoms with Gasteiger partial charge in [0.25, 0.3) is 5.91 Å². The number of carbonyl (C=O) groups excluding carboxylic acids is 1. The van der Waals surface area contributed by atoms with Crippen LogP contribution in [0.5, 0.6) is 0 Å². The van der Waals surface area contributed by atoms with Crippen molar-refractivity contribution in [2.75, 3.05) is 32.1 Å². The van der Waals surface area contributed by atoms with Gasteiger partial charge in [-0.1, -0.05) is 6.07 Å². The van der Waals surface area contributed by atoms with Crippen molar-refractivity contribution in [2.24, 2.45) is 0 Å². The molecular weight excluding hydrogens is 256 g/mol. The fraction of sp³-hybridized carbons (Fsp3) is 0.533. The van der Waals surface area contributed by atoms with Crippen molar-refractivity contribution in [3.05, 3.63) is 29.3 Å². The van der Waals surface area contributed by atoms with Crippen molar-refractivity contribution in [3.63, 3.8) is 0 Å². The second kappa shape index (κ2) is 4.20. The number of nitrogens with zero attached hydrogens (tertiary/aromatic N) is 1. The minimum Gasteiger partial charge on any atom is -0.388 e. The Morgan fingerprint density at radius 3 is 2.90 bits per heavy atom. The van der Waals surface area contributed by atoms with E-state index in [0.717, 1.165) is 29.7 Å². The molecule has 3 aliphatic heterocycles. The Labute approximate surface area is 117 Å². The van der Waals surface area contributed by atoms with Crippen molar-refractivity contribution in [1.82, 2.24) is 4.90 Å². The molecule has 3 aliphatic rings. The first-order valence-electron chi connectivity index (χ1n) is 7.14. The zero-order valence-electron chi connectivity index (χ0n) is 11.5. The molecule has 20 heavy (non-hydrogen) atoms. The van der Waals surface area contributed by atoms with Crippen molar-refractivity contribution in [1.29, 1.82) is 0 Å². The summed E-state index contributed by atoms with van der Waals surface area (Å²) in [6.45, 7) is 2.00. The number of hydrogen-bond donors (Lipinski definition) is 1. The van der Waals surface area contributed by atoms with Gasteiger partial charge in [0.15, 0.2) is 5.79 Å². The smallest absolute Gasteiger partial charge is 0.254 e. The number of nitrogens with one attached hydrogen (secondary N) is 1. The molecule has 0 aliphatic carbocycles. The summed E-state index contributed by atoms with van der Waals surface area (Å²) in [7, 11) is 1.89. The summed E-state index contributed by atoms with van der Waals surface area (Å²) in [4.78, 5) is 14.5. The van der Waals surface area contributed by atoms with Crippen LogP contribution in [0.1, 0.15) is 34.8 Å². The fourth-order valence-corrected chi connectivity index (χ4v) is 3.70. The number of carbonyl (C=O) groups is 1. The maximum absolute atomic E-state index is 12.5. The van der Waals surface area contributed by atoms with Crippen LogP contribution in [0.4, 0.5) is 5.69 Å². The van der Waals surface area contributed by atoms with Gasteiger partial charge in [-0.2, -0.15) is 0 Å². The van der Waals surface area contributed by atoms with Gasteiger partial charge >= 0.3 is 0 Å². The van der Waals surface area contributed by atoms with E-state index in [4.69, 9.17) is 9.47 Å². The van der Waals surface area contributed by atoms with E-state index in [-0.39, 0.29) is 11.9 Å². The second-order valence-electron chi connectivity index (χ2n) is 5.59. The Kier molecular flexibility index (Phi) is 2.56. The summed E-state index contributed by atoms with van der Waals surface area (Å²) in [6, 6.07) is 5.93. The van der Waals surface area contributed by atoms with Crippen LogP contribution in [-0.2, 0) is 9.47 Å². The normalized spacial score (nSPS) is 26.8. The minimum atomic E-state index is -0.482. The first kappa shape index (κ1) is 12.2. The van der Waals surface area contributed by atoms with Gasteiger partial charge in [-0.25, -0.2) is 0 Å². The number of piperidine rings is 1. The molecule has 5 heteroatoms. The molecule has 1 spiro atoms. The summed E-state index contributed by atoms with van der Waals surface area (Å²) in [5.41, 5.74) is 2.94. The number of hydrogen-bond acceptors (Lipinski definition) is 4. The van der Waals surface area contributed by atoms with Crippen LogP contribution >= 0.6 is 0 Å². The van der Waals surface area contributed by atoms with E-state index < -0.39 is 5.79 Å². The van der Waals surface area contributed by atoms with Crippen LogP contribution in [-0.4, -0.2) is 43.4 Å². The topological polar surface area (TPSA) is 50.8 Å². The molecule has 2 fully saturated rings. The Hall–Kier alpha value is -1.59. The number of rotatable bonds is 1. The number of fused-ring (bicyclic) bond motifs is 3. The highest BCUT2D eigenvalue weighted by Crippen LogP contribution is 2.48. The molecule has 1 N–H and O–H groups in total. The predicted octanol–water partition coefficient (Wildman–Crippen LogP) is 1.76. The van der Waals surface area contributed by atoms with E-state index in [0.29, 0.717) is 19.8 Å². The first-order chi connectivity index (χ1) is 9.74. The Morgan fingerprint density at radius 2 is 2.15 bits per heavy atom. The van der Waals surface area contributed by atoms with Gasteiger partial charge in [-0.3, -0.25) is 4.79 Å². The lowest BCUT2D eigenvalue weighted by atomic mass is 9.91. The Balaban J connectivity index is 1.77. The van der Waals surface area contributed by atoms with Crippen LogP contribution in [0.15, 0.2) is 18.2 Å². The van der Waals surface area contributed by atoms with Gasteiger partial charge in [0.2, 0.25) is 0 Å². The molecule has 3 heterocycles. The summed E-state index contributed by atoms with van der Waals surface area (Å²) >= 11 is 0. The molecule has 2 saturated heterocycles. The molecule has 5 nitrogen and oxygen atoms in total.